The summed E-state index contributed by atoms with van der Waals surface area (Å²) in [6, 6.07) is 7.68. The van der Waals surface area contributed by atoms with Gasteiger partial charge in [0, 0.05) is 10.4 Å². The lowest BCUT2D eigenvalue weighted by Gasteiger charge is -2.08. The molecule has 1 fully saturated rings. The molecule has 0 aromatic heterocycles. The fraction of sp³-hybridized carbons (Fsp3) is 0.500. The molecule has 0 radical (unpaired) electrons. The Balaban J connectivity index is 1.63. The van der Waals surface area contributed by atoms with Crippen LogP contribution in [-0.4, -0.2) is 19.0 Å². The van der Waals surface area contributed by atoms with Gasteiger partial charge in [0.05, 0.1) is 0 Å². The molecular weight excluding hydrogens is 308 g/mol. The zero-order valence-corrected chi connectivity index (χ0v) is 12.4. The highest BCUT2D eigenvalue weighted by Gasteiger charge is 2.18. The SMILES string of the molecule is N/C(=N/OCCOc1ccc(Br)cc1)C1CCCC1. The largest absolute Gasteiger partial charge is 0.490 e. The van der Waals surface area contributed by atoms with Crippen molar-refractivity contribution in [2.75, 3.05) is 13.2 Å². The van der Waals surface area contributed by atoms with E-state index in [0.29, 0.717) is 25.0 Å². The van der Waals surface area contributed by atoms with E-state index in [2.05, 4.69) is 21.1 Å². The molecule has 0 bridgehead atoms. The van der Waals surface area contributed by atoms with Gasteiger partial charge in [-0.1, -0.05) is 33.9 Å². The van der Waals surface area contributed by atoms with Gasteiger partial charge in [-0.25, -0.2) is 0 Å². The van der Waals surface area contributed by atoms with E-state index in [9.17, 15) is 0 Å². The Kier molecular flexibility index (Phi) is 5.51. The number of hydrogen-bond donors (Lipinski definition) is 1. The predicted molar refractivity (Wildman–Crippen MR) is 79.2 cm³/mol. The van der Waals surface area contributed by atoms with E-state index in [1.807, 2.05) is 24.3 Å². The standard InChI is InChI=1S/C14H19BrN2O2/c15-12-5-7-13(8-6-12)18-9-10-19-17-14(16)11-3-1-2-4-11/h5-8,11H,1-4,9-10H2,(H2,16,17). The zero-order valence-electron chi connectivity index (χ0n) is 10.8. The Bertz CT molecular complexity index is 414. The molecule has 0 heterocycles. The van der Waals surface area contributed by atoms with Crippen molar-refractivity contribution in [1.82, 2.24) is 0 Å². The van der Waals surface area contributed by atoms with E-state index in [1.54, 1.807) is 0 Å². The highest BCUT2D eigenvalue weighted by Crippen LogP contribution is 2.24. The van der Waals surface area contributed by atoms with Gasteiger partial charge in [-0.05, 0) is 37.1 Å². The van der Waals surface area contributed by atoms with E-state index in [0.717, 1.165) is 23.1 Å². The van der Waals surface area contributed by atoms with Crippen molar-refractivity contribution in [3.05, 3.63) is 28.7 Å². The van der Waals surface area contributed by atoms with Crippen molar-refractivity contribution in [3.8, 4) is 5.75 Å². The van der Waals surface area contributed by atoms with E-state index in [4.69, 9.17) is 15.3 Å². The van der Waals surface area contributed by atoms with Crippen LogP contribution in [0.1, 0.15) is 25.7 Å². The molecule has 104 valence electrons. The lowest BCUT2D eigenvalue weighted by Crippen LogP contribution is -2.22. The normalized spacial score (nSPS) is 16.6. The van der Waals surface area contributed by atoms with Gasteiger partial charge in [0.15, 0.2) is 6.61 Å². The quantitative estimate of drug-likeness (QED) is 0.377. The third-order valence-electron chi connectivity index (χ3n) is 3.20. The van der Waals surface area contributed by atoms with Crippen LogP contribution < -0.4 is 10.5 Å². The maximum Gasteiger partial charge on any atom is 0.151 e. The van der Waals surface area contributed by atoms with Gasteiger partial charge in [-0.15, -0.1) is 0 Å². The van der Waals surface area contributed by atoms with Crippen LogP contribution in [0.25, 0.3) is 0 Å². The zero-order chi connectivity index (χ0) is 13.5. The first-order valence-electron chi connectivity index (χ1n) is 6.59. The van der Waals surface area contributed by atoms with Gasteiger partial charge in [0.1, 0.15) is 18.2 Å². The van der Waals surface area contributed by atoms with Crippen molar-refractivity contribution in [2.24, 2.45) is 16.8 Å². The van der Waals surface area contributed by atoms with Crippen molar-refractivity contribution >= 4 is 21.8 Å². The molecule has 0 aliphatic heterocycles. The summed E-state index contributed by atoms with van der Waals surface area (Å²) in [5, 5.41) is 3.96. The van der Waals surface area contributed by atoms with Gasteiger partial charge in [0.25, 0.3) is 0 Å². The molecule has 1 aromatic rings. The number of nitrogens with two attached hydrogens (primary N) is 1. The summed E-state index contributed by atoms with van der Waals surface area (Å²) in [6.45, 7) is 0.868. The molecule has 19 heavy (non-hydrogen) atoms. The first kappa shape index (κ1) is 14.2. The lowest BCUT2D eigenvalue weighted by molar-refractivity contribution is 0.105. The lowest BCUT2D eigenvalue weighted by atomic mass is 10.1. The number of nitrogens with zero attached hydrogens (tertiary/aromatic N) is 1. The van der Waals surface area contributed by atoms with Crippen molar-refractivity contribution in [2.45, 2.75) is 25.7 Å². The van der Waals surface area contributed by atoms with Crippen LogP contribution in [-0.2, 0) is 4.84 Å². The third-order valence-corrected chi connectivity index (χ3v) is 3.73. The molecule has 1 saturated carbocycles. The summed E-state index contributed by atoms with van der Waals surface area (Å²) in [5.74, 6) is 1.85. The fourth-order valence-corrected chi connectivity index (χ4v) is 2.41. The predicted octanol–water partition coefficient (Wildman–Crippen LogP) is 3.31. The second kappa shape index (κ2) is 7.38. The number of benzene rings is 1. The van der Waals surface area contributed by atoms with Crippen molar-refractivity contribution in [3.63, 3.8) is 0 Å². The van der Waals surface area contributed by atoms with Gasteiger partial charge in [-0.3, -0.25) is 0 Å². The molecule has 1 aliphatic carbocycles. The van der Waals surface area contributed by atoms with Gasteiger partial charge < -0.3 is 15.3 Å². The molecule has 0 unspecified atom stereocenters. The molecule has 1 aromatic carbocycles. The van der Waals surface area contributed by atoms with E-state index >= 15 is 0 Å². The van der Waals surface area contributed by atoms with Gasteiger partial charge in [0.2, 0.25) is 0 Å². The van der Waals surface area contributed by atoms with Gasteiger partial charge in [-0.2, -0.15) is 0 Å². The van der Waals surface area contributed by atoms with Crippen LogP contribution in [0, 0.1) is 5.92 Å². The summed E-state index contributed by atoms with van der Waals surface area (Å²) in [5.41, 5.74) is 5.87. The summed E-state index contributed by atoms with van der Waals surface area (Å²) in [6.07, 6.45) is 4.75. The molecule has 2 N–H and O–H groups in total. The molecule has 0 saturated heterocycles. The van der Waals surface area contributed by atoms with Gasteiger partial charge >= 0.3 is 0 Å². The maximum atomic E-state index is 5.87. The second-order valence-electron chi connectivity index (χ2n) is 4.63. The average molecular weight is 327 g/mol. The summed E-state index contributed by atoms with van der Waals surface area (Å²) < 4.78 is 6.54. The number of oxime groups is 1. The van der Waals surface area contributed by atoms with Crippen molar-refractivity contribution < 1.29 is 9.57 Å². The van der Waals surface area contributed by atoms with E-state index in [-0.39, 0.29) is 0 Å². The van der Waals surface area contributed by atoms with Crippen LogP contribution in [0.15, 0.2) is 33.9 Å². The number of halogens is 1. The average Bonchev–Trinajstić information content (AvgIpc) is 2.94. The maximum absolute atomic E-state index is 5.87. The minimum Gasteiger partial charge on any atom is -0.490 e. The minimum absolute atomic E-state index is 0.406. The van der Waals surface area contributed by atoms with Crippen LogP contribution in [0.3, 0.4) is 0 Å². The van der Waals surface area contributed by atoms with Crippen LogP contribution in [0.2, 0.25) is 0 Å². The third kappa shape index (κ3) is 4.74. The van der Waals surface area contributed by atoms with Crippen LogP contribution >= 0.6 is 15.9 Å². The molecule has 1 aliphatic rings. The number of rotatable bonds is 6. The smallest absolute Gasteiger partial charge is 0.151 e. The topological polar surface area (TPSA) is 56.8 Å². The first-order valence-corrected chi connectivity index (χ1v) is 7.38. The molecule has 5 heteroatoms. The molecule has 0 atom stereocenters. The Morgan fingerprint density at radius 3 is 2.58 bits per heavy atom. The highest BCUT2D eigenvalue weighted by molar-refractivity contribution is 9.10. The number of ether oxygens (including phenoxy) is 1. The molecule has 0 amide bonds. The Hall–Kier alpha value is -1.23. The Morgan fingerprint density at radius 2 is 1.89 bits per heavy atom. The van der Waals surface area contributed by atoms with E-state index in [1.165, 1.54) is 12.8 Å². The number of hydrogen-bond acceptors (Lipinski definition) is 3. The minimum atomic E-state index is 0.406. The fourth-order valence-electron chi connectivity index (χ4n) is 2.14. The van der Waals surface area contributed by atoms with Crippen molar-refractivity contribution in [1.29, 1.82) is 0 Å². The van der Waals surface area contributed by atoms with Crippen LogP contribution in [0.4, 0.5) is 0 Å². The highest BCUT2D eigenvalue weighted by atomic mass is 79.9. The Labute approximate surface area is 122 Å². The molecular formula is C14H19BrN2O2. The molecule has 4 nitrogen and oxygen atoms in total. The van der Waals surface area contributed by atoms with Crippen LogP contribution in [0.5, 0.6) is 5.75 Å². The first-order chi connectivity index (χ1) is 9.25. The van der Waals surface area contributed by atoms with E-state index < -0.39 is 0 Å². The number of amidine groups is 1. The summed E-state index contributed by atoms with van der Waals surface area (Å²) in [4.78, 5) is 5.18. The molecule has 2 rings (SSSR count). The molecule has 0 spiro atoms. The summed E-state index contributed by atoms with van der Waals surface area (Å²) >= 11 is 3.37. The Morgan fingerprint density at radius 1 is 1.21 bits per heavy atom. The monoisotopic (exact) mass is 326 g/mol. The second-order valence-corrected chi connectivity index (χ2v) is 5.55. The summed E-state index contributed by atoms with van der Waals surface area (Å²) in [7, 11) is 0.